The fraction of sp³-hybridized carbons (Fsp3) is 0.941. The van der Waals surface area contributed by atoms with Crippen LogP contribution in [0.2, 0.25) is 0 Å². The molecule has 1 aliphatic carbocycles. The topological polar surface area (TPSA) is 83.0 Å². The van der Waals surface area contributed by atoms with Gasteiger partial charge < -0.3 is 15.4 Å². The van der Waals surface area contributed by atoms with E-state index < -0.39 is 10.0 Å². The Morgan fingerprint density at radius 2 is 1.88 bits per heavy atom. The SMILES string of the molecule is CN=C(NCC1CCN(S(C)(=O)=O)CC1)NC1CC(C)(OC)C1(C)C. The fourth-order valence-electron chi connectivity index (χ4n) is 3.77. The monoisotopic (exact) mass is 374 g/mol. The predicted molar refractivity (Wildman–Crippen MR) is 101 cm³/mol. The number of aliphatic imine (C=N–C) groups is 1. The second-order valence-electron chi connectivity index (χ2n) is 8.12. The van der Waals surface area contributed by atoms with Crippen LogP contribution in [0.3, 0.4) is 0 Å². The highest BCUT2D eigenvalue weighted by atomic mass is 32.2. The number of ether oxygens (including phenoxy) is 1. The lowest BCUT2D eigenvalue weighted by Crippen LogP contribution is -2.69. The van der Waals surface area contributed by atoms with Gasteiger partial charge in [0.05, 0.1) is 11.9 Å². The maximum absolute atomic E-state index is 11.6. The van der Waals surface area contributed by atoms with Crippen LogP contribution in [0.5, 0.6) is 0 Å². The number of piperidine rings is 1. The zero-order valence-electron chi connectivity index (χ0n) is 16.4. The van der Waals surface area contributed by atoms with E-state index in [4.69, 9.17) is 4.74 Å². The van der Waals surface area contributed by atoms with Gasteiger partial charge in [0.15, 0.2) is 5.96 Å². The molecule has 1 aliphatic heterocycles. The number of hydrogen-bond donors (Lipinski definition) is 2. The number of methoxy groups -OCH3 is 1. The van der Waals surface area contributed by atoms with Crippen molar-refractivity contribution in [2.75, 3.05) is 40.0 Å². The second kappa shape index (κ2) is 7.40. The first kappa shape index (κ1) is 20.5. The summed E-state index contributed by atoms with van der Waals surface area (Å²) in [5.41, 5.74) is -0.0812. The van der Waals surface area contributed by atoms with Gasteiger partial charge in [-0.2, -0.15) is 0 Å². The minimum Gasteiger partial charge on any atom is -0.378 e. The summed E-state index contributed by atoms with van der Waals surface area (Å²) >= 11 is 0. The third-order valence-electron chi connectivity index (χ3n) is 6.41. The Labute approximate surface area is 152 Å². The lowest BCUT2D eigenvalue weighted by Gasteiger charge is -2.59. The molecule has 7 nitrogen and oxygen atoms in total. The Balaban J connectivity index is 1.79. The van der Waals surface area contributed by atoms with Crippen LogP contribution in [-0.4, -0.2) is 70.4 Å². The number of hydrogen-bond acceptors (Lipinski definition) is 4. The largest absolute Gasteiger partial charge is 0.378 e. The zero-order valence-corrected chi connectivity index (χ0v) is 17.2. The molecule has 2 atom stereocenters. The number of rotatable bonds is 5. The highest BCUT2D eigenvalue weighted by Gasteiger charge is 2.58. The first-order chi connectivity index (χ1) is 11.5. The third kappa shape index (κ3) is 4.28. The smallest absolute Gasteiger partial charge is 0.211 e. The van der Waals surface area contributed by atoms with Crippen molar-refractivity contribution >= 4 is 16.0 Å². The number of nitrogens with zero attached hydrogens (tertiary/aromatic N) is 2. The van der Waals surface area contributed by atoms with E-state index in [-0.39, 0.29) is 11.0 Å². The summed E-state index contributed by atoms with van der Waals surface area (Å²) in [6.45, 7) is 8.61. The summed E-state index contributed by atoms with van der Waals surface area (Å²) in [6.07, 6.45) is 4.00. The molecule has 2 unspecified atom stereocenters. The van der Waals surface area contributed by atoms with E-state index in [1.807, 2.05) is 0 Å². The lowest BCUT2D eigenvalue weighted by molar-refractivity contribution is -0.176. The molecule has 0 radical (unpaired) electrons. The normalized spacial score (nSPS) is 31.4. The van der Waals surface area contributed by atoms with Crippen LogP contribution in [0, 0.1) is 11.3 Å². The van der Waals surface area contributed by atoms with Gasteiger partial charge in [-0.05, 0) is 32.1 Å². The summed E-state index contributed by atoms with van der Waals surface area (Å²) < 4.78 is 30.4. The lowest BCUT2D eigenvalue weighted by atomic mass is 9.56. The molecule has 2 rings (SSSR count). The van der Waals surface area contributed by atoms with E-state index in [1.54, 1.807) is 18.5 Å². The molecule has 146 valence electrons. The average molecular weight is 375 g/mol. The maximum Gasteiger partial charge on any atom is 0.211 e. The predicted octanol–water partition coefficient (Wildman–Crippen LogP) is 1.03. The van der Waals surface area contributed by atoms with Crippen molar-refractivity contribution in [2.45, 2.75) is 51.7 Å². The molecule has 25 heavy (non-hydrogen) atoms. The van der Waals surface area contributed by atoms with Gasteiger partial charge in [-0.25, -0.2) is 12.7 Å². The molecular weight excluding hydrogens is 340 g/mol. The summed E-state index contributed by atoms with van der Waals surface area (Å²) in [6, 6.07) is 0.315. The van der Waals surface area contributed by atoms with Gasteiger partial charge in [-0.3, -0.25) is 4.99 Å². The van der Waals surface area contributed by atoms with E-state index >= 15 is 0 Å². The molecule has 0 spiro atoms. The molecule has 0 bridgehead atoms. The van der Waals surface area contributed by atoms with Crippen LogP contribution in [0.15, 0.2) is 4.99 Å². The summed E-state index contributed by atoms with van der Waals surface area (Å²) in [7, 11) is 0.494. The first-order valence-corrected chi connectivity index (χ1v) is 10.9. The summed E-state index contributed by atoms with van der Waals surface area (Å²) in [5, 5.41) is 6.91. The Bertz CT molecular complexity index is 597. The van der Waals surface area contributed by atoms with Crippen LogP contribution in [0.4, 0.5) is 0 Å². The Hall–Kier alpha value is -0.860. The van der Waals surface area contributed by atoms with Gasteiger partial charge in [-0.1, -0.05) is 13.8 Å². The molecule has 2 aliphatic rings. The Morgan fingerprint density at radius 3 is 2.32 bits per heavy atom. The fourth-order valence-corrected chi connectivity index (χ4v) is 4.64. The van der Waals surface area contributed by atoms with Gasteiger partial charge in [-0.15, -0.1) is 0 Å². The molecule has 1 heterocycles. The molecule has 2 N–H and O–H groups in total. The minimum absolute atomic E-state index is 0.0280. The van der Waals surface area contributed by atoms with E-state index in [1.165, 1.54) is 6.26 Å². The maximum atomic E-state index is 11.6. The number of sulfonamides is 1. The Morgan fingerprint density at radius 1 is 1.28 bits per heavy atom. The molecule has 2 fully saturated rings. The van der Waals surface area contributed by atoms with Crippen molar-refractivity contribution in [1.82, 2.24) is 14.9 Å². The van der Waals surface area contributed by atoms with Crippen LogP contribution in [0.25, 0.3) is 0 Å². The molecule has 1 saturated heterocycles. The van der Waals surface area contributed by atoms with Crippen molar-refractivity contribution < 1.29 is 13.2 Å². The van der Waals surface area contributed by atoms with Crippen molar-refractivity contribution in [1.29, 1.82) is 0 Å². The number of nitrogens with one attached hydrogen (secondary N) is 2. The molecule has 0 aromatic carbocycles. The van der Waals surface area contributed by atoms with E-state index in [9.17, 15) is 8.42 Å². The van der Waals surface area contributed by atoms with E-state index in [0.717, 1.165) is 31.8 Å². The van der Waals surface area contributed by atoms with Crippen LogP contribution in [-0.2, 0) is 14.8 Å². The van der Waals surface area contributed by atoms with Gasteiger partial charge in [0.25, 0.3) is 0 Å². The summed E-state index contributed by atoms with van der Waals surface area (Å²) in [5.74, 6) is 1.27. The van der Waals surface area contributed by atoms with Crippen molar-refractivity contribution in [3.63, 3.8) is 0 Å². The molecule has 0 aromatic rings. The zero-order chi connectivity index (χ0) is 18.9. The minimum atomic E-state index is -3.06. The van der Waals surface area contributed by atoms with Gasteiger partial charge in [0.1, 0.15) is 0 Å². The van der Waals surface area contributed by atoms with E-state index in [0.29, 0.717) is 25.0 Å². The van der Waals surface area contributed by atoms with Crippen molar-refractivity contribution in [2.24, 2.45) is 16.3 Å². The number of guanidine groups is 1. The van der Waals surface area contributed by atoms with Crippen LogP contribution >= 0.6 is 0 Å². The molecular formula is C17H34N4O3S. The average Bonchev–Trinajstić information content (AvgIpc) is 2.56. The van der Waals surface area contributed by atoms with Crippen LogP contribution in [0.1, 0.15) is 40.0 Å². The molecule has 8 heteroatoms. The van der Waals surface area contributed by atoms with Gasteiger partial charge in [0.2, 0.25) is 10.0 Å². The van der Waals surface area contributed by atoms with E-state index in [2.05, 4.69) is 36.4 Å². The third-order valence-corrected chi connectivity index (χ3v) is 7.72. The molecule has 0 amide bonds. The first-order valence-electron chi connectivity index (χ1n) is 9.01. The van der Waals surface area contributed by atoms with Crippen molar-refractivity contribution in [3.05, 3.63) is 0 Å². The Kier molecular flexibility index (Phi) is 6.06. The second-order valence-corrected chi connectivity index (χ2v) is 10.1. The van der Waals surface area contributed by atoms with Gasteiger partial charge >= 0.3 is 0 Å². The van der Waals surface area contributed by atoms with Gasteiger partial charge in [0, 0.05) is 45.2 Å². The highest BCUT2D eigenvalue weighted by molar-refractivity contribution is 7.88. The highest BCUT2D eigenvalue weighted by Crippen LogP contribution is 2.51. The summed E-state index contributed by atoms with van der Waals surface area (Å²) in [4.78, 5) is 4.33. The van der Waals surface area contributed by atoms with Crippen molar-refractivity contribution in [3.8, 4) is 0 Å². The quantitative estimate of drug-likeness (QED) is 0.555. The van der Waals surface area contributed by atoms with Crippen LogP contribution < -0.4 is 10.6 Å². The molecule has 1 saturated carbocycles. The standard InChI is InChI=1S/C17H34N4O3S/c1-16(2)14(11-17(16,3)24-5)20-15(18-4)19-12-13-7-9-21(10-8-13)25(6,22)23/h13-14H,7-12H2,1-6H3,(H2,18,19,20). The molecule has 0 aromatic heterocycles.